The summed E-state index contributed by atoms with van der Waals surface area (Å²) in [6.45, 7) is 3.72. The maximum atomic E-state index is 13.3. The predicted octanol–water partition coefficient (Wildman–Crippen LogP) is 5.80. The fourth-order valence-electron chi connectivity index (χ4n) is 4.07. The smallest absolute Gasteiger partial charge is 0.310 e. The van der Waals surface area contributed by atoms with Crippen LogP contribution >= 0.6 is 0 Å². The van der Waals surface area contributed by atoms with Gasteiger partial charge in [-0.3, -0.25) is 4.79 Å². The van der Waals surface area contributed by atoms with Gasteiger partial charge in [-0.1, -0.05) is 43.3 Å². The molecule has 1 aromatic heterocycles. The molecule has 0 aliphatic rings. The maximum absolute atomic E-state index is 13.3. The van der Waals surface area contributed by atoms with Gasteiger partial charge >= 0.3 is 5.97 Å². The molecule has 152 valence electrons. The van der Waals surface area contributed by atoms with Crippen molar-refractivity contribution in [3.63, 3.8) is 0 Å². The molecule has 0 fully saturated rings. The molecule has 0 bridgehead atoms. The quantitative estimate of drug-likeness (QED) is 0.444. The Morgan fingerprint density at radius 2 is 1.77 bits per heavy atom. The highest BCUT2D eigenvalue weighted by Gasteiger charge is 2.41. The summed E-state index contributed by atoms with van der Waals surface area (Å²) in [5, 5.41) is 15.4. The number of rotatable bonds is 6. The lowest BCUT2D eigenvalue weighted by atomic mass is 9.68. The zero-order valence-corrected chi connectivity index (χ0v) is 16.9. The largest absolute Gasteiger partial charge is 0.481 e. The Morgan fingerprint density at radius 3 is 2.40 bits per heavy atom. The lowest BCUT2D eigenvalue weighted by Crippen LogP contribution is -2.34. The molecule has 0 saturated carbocycles. The molecule has 2 atom stereocenters. The van der Waals surface area contributed by atoms with E-state index in [1.54, 1.807) is 29.9 Å². The van der Waals surface area contributed by atoms with Crippen molar-refractivity contribution in [1.82, 2.24) is 9.78 Å². The van der Waals surface area contributed by atoms with Gasteiger partial charge in [-0.25, -0.2) is 9.07 Å². The van der Waals surface area contributed by atoms with Crippen molar-refractivity contribution < 1.29 is 14.3 Å². The number of carboxylic acid groups (broad SMARTS) is 1. The van der Waals surface area contributed by atoms with E-state index in [0.29, 0.717) is 6.42 Å². The number of fused-ring (bicyclic) bond motifs is 1. The molecular formula is C25H23FN2O2. The summed E-state index contributed by atoms with van der Waals surface area (Å²) >= 11 is 0. The first-order valence-electron chi connectivity index (χ1n) is 9.96. The van der Waals surface area contributed by atoms with Crippen LogP contribution in [0.2, 0.25) is 0 Å². The van der Waals surface area contributed by atoms with Gasteiger partial charge in [0.2, 0.25) is 0 Å². The normalized spacial score (nSPS) is 14.4. The summed E-state index contributed by atoms with van der Waals surface area (Å²) in [6.07, 6.45) is 2.25. The minimum absolute atomic E-state index is 0.296. The summed E-state index contributed by atoms with van der Waals surface area (Å²) in [6, 6.07) is 21.9. The van der Waals surface area contributed by atoms with Gasteiger partial charge < -0.3 is 5.11 Å². The molecule has 0 spiro atoms. The van der Waals surface area contributed by atoms with Crippen LogP contribution in [0.5, 0.6) is 0 Å². The van der Waals surface area contributed by atoms with Crippen LogP contribution in [0.25, 0.3) is 16.6 Å². The van der Waals surface area contributed by atoms with Crippen molar-refractivity contribution in [1.29, 1.82) is 0 Å². The predicted molar refractivity (Wildman–Crippen MR) is 115 cm³/mol. The van der Waals surface area contributed by atoms with Crippen molar-refractivity contribution in [2.45, 2.75) is 26.2 Å². The van der Waals surface area contributed by atoms with Crippen LogP contribution in [0.15, 0.2) is 79.0 Å². The van der Waals surface area contributed by atoms with Crippen molar-refractivity contribution in [2.24, 2.45) is 5.41 Å². The molecule has 0 saturated heterocycles. The first-order chi connectivity index (χ1) is 14.4. The Morgan fingerprint density at radius 1 is 1.07 bits per heavy atom. The van der Waals surface area contributed by atoms with Crippen LogP contribution in [-0.4, -0.2) is 20.9 Å². The number of aromatic nitrogens is 2. The Hall–Kier alpha value is -3.47. The third-order valence-corrected chi connectivity index (χ3v) is 5.99. The summed E-state index contributed by atoms with van der Waals surface area (Å²) in [5.74, 6) is -1.42. The van der Waals surface area contributed by atoms with Gasteiger partial charge in [-0.05, 0) is 60.9 Å². The molecule has 4 nitrogen and oxygen atoms in total. The highest BCUT2D eigenvalue weighted by Crippen LogP contribution is 2.44. The molecule has 30 heavy (non-hydrogen) atoms. The fourth-order valence-corrected chi connectivity index (χ4v) is 4.07. The molecule has 4 rings (SSSR count). The first-order valence-corrected chi connectivity index (χ1v) is 9.96. The second-order valence-corrected chi connectivity index (χ2v) is 7.77. The van der Waals surface area contributed by atoms with Crippen molar-refractivity contribution in [3.8, 4) is 5.69 Å². The third-order valence-electron chi connectivity index (χ3n) is 5.99. The molecule has 5 heteroatoms. The number of benzene rings is 3. The lowest BCUT2D eigenvalue weighted by molar-refractivity contribution is -0.149. The molecule has 2 unspecified atom stereocenters. The van der Waals surface area contributed by atoms with E-state index < -0.39 is 11.4 Å². The molecule has 3 aromatic carbocycles. The summed E-state index contributed by atoms with van der Waals surface area (Å²) in [4.78, 5) is 12.3. The van der Waals surface area contributed by atoms with Gasteiger partial charge in [-0.2, -0.15) is 5.10 Å². The second-order valence-electron chi connectivity index (χ2n) is 7.77. The van der Waals surface area contributed by atoms with E-state index in [4.69, 9.17) is 0 Å². The Kier molecular flexibility index (Phi) is 5.12. The molecule has 1 N–H and O–H groups in total. The number of nitrogens with zero attached hydrogens (tertiary/aromatic N) is 2. The number of carboxylic acids is 1. The van der Waals surface area contributed by atoms with E-state index in [-0.39, 0.29) is 11.7 Å². The average molecular weight is 402 g/mol. The van der Waals surface area contributed by atoms with Crippen LogP contribution in [0.4, 0.5) is 4.39 Å². The van der Waals surface area contributed by atoms with Gasteiger partial charge in [0.1, 0.15) is 5.82 Å². The Balaban J connectivity index is 1.85. The minimum Gasteiger partial charge on any atom is -0.481 e. The SMILES string of the molecule is CCC(C)(C(=O)O)C(c1ccccc1)c1ccc2c(cnn2-c2ccc(F)cc2)c1. The maximum Gasteiger partial charge on any atom is 0.310 e. The van der Waals surface area contributed by atoms with Crippen molar-refractivity contribution in [3.05, 3.63) is 95.9 Å². The van der Waals surface area contributed by atoms with Gasteiger partial charge in [0.25, 0.3) is 0 Å². The number of halogens is 1. The summed E-state index contributed by atoms with van der Waals surface area (Å²) < 4.78 is 15.0. The van der Waals surface area contributed by atoms with Crippen molar-refractivity contribution in [2.75, 3.05) is 0 Å². The Bertz CT molecular complexity index is 1180. The van der Waals surface area contributed by atoms with E-state index in [0.717, 1.165) is 27.7 Å². The van der Waals surface area contributed by atoms with E-state index in [2.05, 4.69) is 5.10 Å². The van der Waals surface area contributed by atoms with Crippen LogP contribution in [0, 0.1) is 11.2 Å². The third kappa shape index (κ3) is 3.36. The monoisotopic (exact) mass is 402 g/mol. The van der Waals surface area contributed by atoms with Crippen LogP contribution < -0.4 is 0 Å². The second kappa shape index (κ2) is 7.75. The number of hydrogen-bond donors (Lipinski definition) is 1. The summed E-state index contributed by atoms with van der Waals surface area (Å²) in [7, 11) is 0. The Labute approximate surface area is 174 Å². The number of hydrogen-bond acceptors (Lipinski definition) is 2. The summed E-state index contributed by atoms with van der Waals surface area (Å²) in [5.41, 5.74) is 2.59. The average Bonchev–Trinajstić information content (AvgIpc) is 3.18. The molecule has 0 radical (unpaired) electrons. The van der Waals surface area contributed by atoms with E-state index in [9.17, 15) is 14.3 Å². The highest BCUT2D eigenvalue weighted by molar-refractivity contribution is 5.82. The van der Waals surface area contributed by atoms with Gasteiger partial charge in [0.15, 0.2) is 0 Å². The van der Waals surface area contributed by atoms with E-state index in [1.807, 2.05) is 55.5 Å². The van der Waals surface area contributed by atoms with Crippen molar-refractivity contribution >= 4 is 16.9 Å². The van der Waals surface area contributed by atoms with Gasteiger partial charge in [-0.15, -0.1) is 0 Å². The molecule has 4 aromatic rings. The molecule has 0 aliphatic carbocycles. The molecule has 1 heterocycles. The number of carbonyl (C=O) groups is 1. The van der Waals surface area contributed by atoms with E-state index >= 15 is 0 Å². The van der Waals surface area contributed by atoms with Gasteiger partial charge in [0, 0.05) is 11.3 Å². The lowest BCUT2D eigenvalue weighted by Gasteiger charge is -2.34. The zero-order valence-electron chi connectivity index (χ0n) is 16.9. The topological polar surface area (TPSA) is 55.1 Å². The number of aliphatic carboxylic acids is 1. The standard InChI is InChI=1S/C25H23FN2O2/c1-3-25(2,24(29)30)23(17-7-5-4-6-8-17)18-9-14-22-19(15-18)16-27-28(22)21-12-10-20(26)11-13-21/h4-16,23H,3H2,1-2H3,(H,29,30). The zero-order chi connectivity index (χ0) is 21.3. The highest BCUT2D eigenvalue weighted by atomic mass is 19.1. The minimum atomic E-state index is -0.956. The van der Waals surface area contributed by atoms with Gasteiger partial charge in [0.05, 0.1) is 22.8 Å². The molecular weight excluding hydrogens is 379 g/mol. The van der Waals surface area contributed by atoms with Crippen LogP contribution in [0.1, 0.15) is 37.3 Å². The van der Waals surface area contributed by atoms with Crippen LogP contribution in [-0.2, 0) is 4.79 Å². The molecule has 0 amide bonds. The molecule has 0 aliphatic heterocycles. The first kappa shape index (κ1) is 19.8. The van der Waals surface area contributed by atoms with Crippen LogP contribution in [0.3, 0.4) is 0 Å². The van der Waals surface area contributed by atoms with E-state index in [1.165, 1.54) is 12.1 Å². The fraction of sp³-hybridized carbons (Fsp3) is 0.200.